The summed E-state index contributed by atoms with van der Waals surface area (Å²) in [7, 11) is 0. The number of fused-ring (bicyclic) bond motifs is 2. The lowest BCUT2D eigenvalue weighted by atomic mass is 9.48. The molecular formula is C23H28O3. The number of carbonyl (C=O) groups is 2. The van der Waals surface area contributed by atoms with E-state index in [2.05, 4.69) is 25.2 Å². The number of rotatable bonds is 2. The standard InChI is InChI=1S/C23H28O3/c1-14(24)20(26)23-11-9-22(10-12-23)19-6-3-15-13-16(25)4-5-17(15)18(19)7-8-21(22,23)2/h3,9,11,14,19,24H,4-8,10,12-13H2,1-2H3/t14-,19?,21-,22+,23-/m0/s1. The van der Waals surface area contributed by atoms with Crippen LogP contribution in [0.15, 0.2) is 34.9 Å². The highest BCUT2D eigenvalue weighted by atomic mass is 16.3. The lowest BCUT2D eigenvalue weighted by Crippen LogP contribution is -2.52. The maximum atomic E-state index is 13.0. The Labute approximate surface area is 155 Å². The van der Waals surface area contributed by atoms with Crippen LogP contribution in [0.4, 0.5) is 0 Å². The summed E-state index contributed by atoms with van der Waals surface area (Å²) in [5.41, 5.74) is 3.82. The van der Waals surface area contributed by atoms with E-state index in [9.17, 15) is 14.7 Å². The van der Waals surface area contributed by atoms with Crippen molar-refractivity contribution in [2.75, 3.05) is 0 Å². The van der Waals surface area contributed by atoms with Crippen LogP contribution in [0.5, 0.6) is 0 Å². The van der Waals surface area contributed by atoms with Crippen LogP contribution in [0, 0.1) is 22.2 Å². The van der Waals surface area contributed by atoms with Gasteiger partial charge in [-0.1, -0.05) is 30.7 Å². The van der Waals surface area contributed by atoms with E-state index >= 15 is 0 Å². The van der Waals surface area contributed by atoms with Crippen molar-refractivity contribution in [3.8, 4) is 0 Å². The van der Waals surface area contributed by atoms with Crippen molar-refractivity contribution in [2.24, 2.45) is 22.2 Å². The first kappa shape index (κ1) is 16.7. The average molecular weight is 352 g/mol. The van der Waals surface area contributed by atoms with E-state index in [0.717, 1.165) is 38.5 Å². The van der Waals surface area contributed by atoms with E-state index in [1.54, 1.807) is 12.5 Å². The Bertz CT molecular complexity index is 813. The molecule has 5 atom stereocenters. The molecule has 26 heavy (non-hydrogen) atoms. The van der Waals surface area contributed by atoms with E-state index in [1.807, 2.05) is 0 Å². The third kappa shape index (κ3) is 1.69. The highest BCUT2D eigenvalue weighted by Gasteiger charge is 2.72. The van der Waals surface area contributed by atoms with Crippen LogP contribution in [-0.2, 0) is 9.59 Å². The molecule has 3 nitrogen and oxygen atoms in total. The first-order chi connectivity index (χ1) is 12.3. The molecule has 5 aliphatic rings. The third-order valence-electron chi connectivity index (χ3n) is 8.78. The lowest BCUT2D eigenvalue weighted by molar-refractivity contribution is -0.141. The minimum atomic E-state index is -0.896. The second-order valence-corrected chi connectivity index (χ2v) is 9.45. The molecule has 3 fully saturated rings. The molecule has 0 heterocycles. The maximum absolute atomic E-state index is 13.0. The van der Waals surface area contributed by atoms with Crippen LogP contribution >= 0.6 is 0 Å². The van der Waals surface area contributed by atoms with Gasteiger partial charge in [0.25, 0.3) is 0 Å². The predicted octanol–water partition coefficient (Wildman–Crippen LogP) is 4.07. The zero-order chi connectivity index (χ0) is 18.3. The van der Waals surface area contributed by atoms with E-state index in [4.69, 9.17) is 0 Å². The summed E-state index contributed by atoms with van der Waals surface area (Å²) in [6.07, 6.45) is 13.1. The Balaban J connectivity index is 1.59. The van der Waals surface area contributed by atoms with Crippen molar-refractivity contribution in [2.45, 2.75) is 71.3 Å². The molecule has 5 aliphatic carbocycles. The van der Waals surface area contributed by atoms with Gasteiger partial charge < -0.3 is 5.11 Å². The summed E-state index contributed by atoms with van der Waals surface area (Å²) in [6.45, 7) is 3.93. The predicted molar refractivity (Wildman–Crippen MR) is 99.3 cm³/mol. The zero-order valence-electron chi connectivity index (χ0n) is 15.8. The SMILES string of the molecule is C[C@H](O)C(=O)[C@]12C=C[C@@]3(CC1)C1CC=C4CC(=O)CCC4=C1CC[C@]23C. The number of hydrogen-bond donors (Lipinski definition) is 1. The van der Waals surface area contributed by atoms with E-state index in [0.29, 0.717) is 24.5 Å². The molecule has 0 aliphatic heterocycles. The van der Waals surface area contributed by atoms with Gasteiger partial charge in [-0.05, 0) is 67.9 Å². The number of hydrogen-bond acceptors (Lipinski definition) is 3. The molecule has 5 rings (SSSR count). The summed E-state index contributed by atoms with van der Waals surface area (Å²) >= 11 is 0. The molecule has 1 N–H and O–H groups in total. The maximum Gasteiger partial charge on any atom is 0.171 e. The second kappa shape index (κ2) is 5.07. The third-order valence-corrected chi connectivity index (χ3v) is 8.78. The lowest BCUT2D eigenvalue weighted by Gasteiger charge is -2.55. The number of Topliss-reactive ketones (excluding diaryl/α,β-unsaturated/α-hetero) is 2. The summed E-state index contributed by atoms with van der Waals surface area (Å²) in [6, 6.07) is 0. The Morgan fingerprint density at radius 3 is 2.69 bits per heavy atom. The molecule has 0 aromatic rings. The molecule has 3 heteroatoms. The summed E-state index contributed by atoms with van der Waals surface area (Å²) in [5.74, 6) is 0.860. The van der Waals surface area contributed by atoms with Crippen LogP contribution in [-0.4, -0.2) is 22.8 Å². The zero-order valence-corrected chi connectivity index (χ0v) is 15.8. The molecule has 1 unspecified atom stereocenters. The minimum absolute atomic E-state index is 0.0158. The van der Waals surface area contributed by atoms with Gasteiger partial charge in [0, 0.05) is 18.3 Å². The van der Waals surface area contributed by atoms with Gasteiger partial charge in [0.15, 0.2) is 5.78 Å². The molecule has 0 saturated heterocycles. The number of aliphatic hydroxyl groups is 1. The average Bonchev–Trinajstić information content (AvgIpc) is 3.05. The van der Waals surface area contributed by atoms with Gasteiger partial charge in [-0.25, -0.2) is 0 Å². The van der Waals surface area contributed by atoms with Gasteiger partial charge in [0.2, 0.25) is 0 Å². The smallest absolute Gasteiger partial charge is 0.171 e. The van der Waals surface area contributed by atoms with Gasteiger partial charge >= 0.3 is 0 Å². The number of aliphatic hydroxyl groups excluding tert-OH is 1. The Morgan fingerprint density at radius 1 is 1.19 bits per heavy atom. The summed E-state index contributed by atoms with van der Waals surface area (Å²) in [4.78, 5) is 24.9. The fourth-order valence-corrected chi connectivity index (χ4v) is 7.42. The monoisotopic (exact) mass is 352 g/mol. The number of allylic oxidation sites excluding steroid dienone is 6. The molecule has 2 bridgehead atoms. The minimum Gasteiger partial charge on any atom is -0.386 e. The molecule has 0 aromatic heterocycles. The fraction of sp³-hybridized carbons (Fsp3) is 0.652. The van der Waals surface area contributed by atoms with Gasteiger partial charge in [-0.3, -0.25) is 9.59 Å². The van der Waals surface area contributed by atoms with Crippen LogP contribution < -0.4 is 0 Å². The Morgan fingerprint density at radius 2 is 2.00 bits per heavy atom. The van der Waals surface area contributed by atoms with Gasteiger partial charge in [0.05, 0.1) is 5.41 Å². The van der Waals surface area contributed by atoms with Gasteiger partial charge in [0.1, 0.15) is 11.9 Å². The fourth-order valence-electron chi connectivity index (χ4n) is 7.42. The van der Waals surface area contributed by atoms with E-state index in [-0.39, 0.29) is 16.6 Å². The molecule has 0 radical (unpaired) electrons. The largest absolute Gasteiger partial charge is 0.386 e. The number of carbonyl (C=O) groups excluding carboxylic acids is 2. The van der Waals surface area contributed by atoms with Gasteiger partial charge in [-0.2, -0.15) is 0 Å². The summed E-state index contributed by atoms with van der Waals surface area (Å²) < 4.78 is 0. The molecule has 0 spiro atoms. The van der Waals surface area contributed by atoms with Crippen molar-refractivity contribution in [1.82, 2.24) is 0 Å². The summed E-state index contributed by atoms with van der Waals surface area (Å²) in [5, 5.41) is 10.1. The highest BCUT2D eigenvalue weighted by molar-refractivity contribution is 5.93. The van der Waals surface area contributed by atoms with E-state index < -0.39 is 11.5 Å². The van der Waals surface area contributed by atoms with Crippen molar-refractivity contribution >= 4 is 11.6 Å². The van der Waals surface area contributed by atoms with Crippen molar-refractivity contribution in [3.05, 3.63) is 34.9 Å². The van der Waals surface area contributed by atoms with Crippen LogP contribution in [0.25, 0.3) is 0 Å². The van der Waals surface area contributed by atoms with Crippen molar-refractivity contribution in [3.63, 3.8) is 0 Å². The molecule has 138 valence electrons. The van der Waals surface area contributed by atoms with Crippen LogP contribution in [0.3, 0.4) is 0 Å². The Kier molecular flexibility index (Phi) is 3.25. The van der Waals surface area contributed by atoms with Gasteiger partial charge in [-0.15, -0.1) is 0 Å². The topological polar surface area (TPSA) is 54.4 Å². The quantitative estimate of drug-likeness (QED) is 0.762. The molecule has 3 saturated carbocycles. The first-order valence-corrected chi connectivity index (χ1v) is 10.2. The first-order valence-electron chi connectivity index (χ1n) is 10.2. The molecular weight excluding hydrogens is 324 g/mol. The highest BCUT2D eigenvalue weighted by Crippen LogP contribution is 2.77. The van der Waals surface area contributed by atoms with E-state index in [1.165, 1.54) is 11.1 Å². The van der Waals surface area contributed by atoms with Crippen molar-refractivity contribution in [1.29, 1.82) is 0 Å². The molecule has 0 amide bonds. The molecule has 0 aromatic carbocycles. The van der Waals surface area contributed by atoms with Crippen LogP contribution in [0.2, 0.25) is 0 Å². The Hall–Kier alpha value is -1.48. The second-order valence-electron chi connectivity index (χ2n) is 9.45. The van der Waals surface area contributed by atoms with Crippen molar-refractivity contribution < 1.29 is 14.7 Å². The number of ketones is 2. The normalized spacial score (nSPS) is 44.3. The van der Waals surface area contributed by atoms with Crippen LogP contribution in [0.1, 0.15) is 65.2 Å².